The molecule has 6 heteroatoms. The number of nitrogens with zero attached hydrogens (tertiary/aromatic N) is 3. The quantitative estimate of drug-likeness (QED) is 0.732. The average molecular weight is 322 g/mol. The van der Waals surface area contributed by atoms with Crippen LogP contribution in [0.3, 0.4) is 0 Å². The van der Waals surface area contributed by atoms with E-state index in [1.165, 1.54) is 7.11 Å². The number of pyridine rings is 1. The molecule has 0 radical (unpaired) electrons. The number of para-hydroxylation sites is 1. The fraction of sp³-hybridized carbons (Fsp3) is 0.167. The maximum Gasteiger partial charge on any atom is 0.333 e. The second-order valence-corrected chi connectivity index (χ2v) is 5.28. The molecule has 1 aromatic carbocycles. The summed E-state index contributed by atoms with van der Waals surface area (Å²) in [5.41, 5.74) is 3.35. The molecular weight excluding hydrogens is 304 g/mol. The maximum absolute atomic E-state index is 12.2. The van der Waals surface area contributed by atoms with Crippen molar-refractivity contribution in [3.63, 3.8) is 0 Å². The van der Waals surface area contributed by atoms with Gasteiger partial charge in [-0.2, -0.15) is 5.10 Å². The van der Waals surface area contributed by atoms with Crippen molar-refractivity contribution in [2.24, 2.45) is 0 Å². The smallest absolute Gasteiger partial charge is 0.333 e. The number of carbonyl (C=O) groups excluding carboxylic acids is 1. The highest BCUT2D eigenvalue weighted by Gasteiger charge is 2.23. The molecule has 122 valence electrons. The van der Waals surface area contributed by atoms with Crippen molar-refractivity contribution in [2.75, 3.05) is 12.4 Å². The van der Waals surface area contributed by atoms with E-state index in [4.69, 9.17) is 4.74 Å². The summed E-state index contributed by atoms with van der Waals surface area (Å²) in [4.78, 5) is 16.2. The summed E-state index contributed by atoms with van der Waals surface area (Å²) < 4.78 is 6.73. The van der Waals surface area contributed by atoms with Gasteiger partial charge in [0.1, 0.15) is 0 Å². The molecule has 0 amide bonds. The topological polar surface area (TPSA) is 69.0 Å². The van der Waals surface area contributed by atoms with Gasteiger partial charge in [-0.25, -0.2) is 9.48 Å². The van der Waals surface area contributed by atoms with Gasteiger partial charge in [-0.15, -0.1) is 0 Å². The van der Waals surface area contributed by atoms with Crippen LogP contribution < -0.4 is 5.32 Å². The van der Waals surface area contributed by atoms with Crippen LogP contribution in [-0.2, 0) is 9.53 Å². The Morgan fingerprint density at radius 2 is 1.96 bits per heavy atom. The van der Waals surface area contributed by atoms with Crippen LogP contribution in [0.15, 0.2) is 61.1 Å². The SMILES string of the molecule is COC(=O)[C@@H](Nc1cnn(-c2ccccc2)c1C)c1cccnc1. The molecule has 0 unspecified atom stereocenters. The largest absolute Gasteiger partial charge is 0.467 e. The van der Waals surface area contributed by atoms with Crippen LogP contribution in [0.5, 0.6) is 0 Å². The Bertz CT molecular complexity index is 816. The highest BCUT2D eigenvalue weighted by molar-refractivity contribution is 5.81. The van der Waals surface area contributed by atoms with Gasteiger partial charge in [0.25, 0.3) is 0 Å². The van der Waals surface area contributed by atoms with E-state index in [2.05, 4.69) is 15.4 Å². The molecule has 6 nitrogen and oxygen atoms in total. The molecule has 0 aliphatic rings. The summed E-state index contributed by atoms with van der Waals surface area (Å²) in [7, 11) is 1.37. The lowest BCUT2D eigenvalue weighted by molar-refractivity contribution is -0.141. The number of nitrogens with one attached hydrogen (secondary N) is 1. The Balaban J connectivity index is 1.91. The Morgan fingerprint density at radius 1 is 1.17 bits per heavy atom. The Labute approximate surface area is 140 Å². The van der Waals surface area contributed by atoms with Gasteiger partial charge < -0.3 is 10.1 Å². The maximum atomic E-state index is 12.2. The number of carbonyl (C=O) groups is 1. The van der Waals surface area contributed by atoms with Crippen molar-refractivity contribution >= 4 is 11.7 Å². The van der Waals surface area contributed by atoms with E-state index >= 15 is 0 Å². The predicted octanol–water partition coefficient (Wildman–Crippen LogP) is 2.90. The van der Waals surface area contributed by atoms with Crippen LogP contribution in [0, 0.1) is 6.92 Å². The van der Waals surface area contributed by atoms with E-state index in [0.717, 1.165) is 22.6 Å². The molecule has 0 aliphatic heterocycles. The third kappa shape index (κ3) is 3.12. The predicted molar refractivity (Wildman–Crippen MR) is 90.9 cm³/mol. The number of methoxy groups -OCH3 is 1. The summed E-state index contributed by atoms with van der Waals surface area (Å²) in [5.74, 6) is -0.380. The fourth-order valence-electron chi connectivity index (χ4n) is 2.48. The molecule has 0 aliphatic carbocycles. The number of anilines is 1. The van der Waals surface area contributed by atoms with Crippen molar-refractivity contribution in [1.82, 2.24) is 14.8 Å². The first-order chi connectivity index (χ1) is 11.7. The number of hydrogen-bond donors (Lipinski definition) is 1. The van der Waals surface area contributed by atoms with Gasteiger partial charge >= 0.3 is 5.97 Å². The minimum Gasteiger partial charge on any atom is -0.467 e. The summed E-state index contributed by atoms with van der Waals surface area (Å²) >= 11 is 0. The second kappa shape index (κ2) is 6.95. The molecule has 2 aromatic heterocycles. The summed E-state index contributed by atoms with van der Waals surface area (Å²) in [6.07, 6.45) is 5.01. The molecule has 0 bridgehead atoms. The lowest BCUT2D eigenvalue weighted by Crippen LogP contribution is -2.22. The lowest BCUT2D eigenvalue weighted by Gasteiger charge is -2.17. The number of aromatic nitrogens is 3. The van der Waals surface area contributed by atoms with Crippen molar-refractivity contribution < 1.29 is 9.53 Å². The summed E-state index contributed by atoms with van der Waals surface area (Å²) in [6.45, 7) is 1.94. The first kappa shape index (κ1) is 15.7. The second-order valence-electron chi connectivity index (χ2n) is 5.28. The van der Waals surface area contributed by atoms with Gasteiger partial charge in [-0.1, -0.05) is 24.3 Å². The molecule has 1 atom stereocenters. The van der Waals surface area contributed by atoms with Gasteiger partial charge in [-0.05, 0) is 25.1 Å². The number of hydrogen-bond acceptors (Lipinski definition) is 5. The molecule has 3 aromatic rings. The van der Waals surface area contributed by atoms with Crippen LogP contribution in [0.1, 0.15) is 17.3 Å². The number of esters is 1. The molecule has 2 heterocycles. The van der Waals surface area contributed by atoms with Crippen molar-refractivity contribution in [2.45, 2.75) is 13.0 Å². The van der Waals surface area contributed by atoms with Crippen molar-refractivity contribution in [3.8, 4) is 5.69 Å². The summed E-state index contributed by atoms with van der Waals surface area (Å²) in [5, 5.41) is 7.61. The van der Waals surface area contributed by atoms with E-state index < -0.39 is 6.04 Å². The highest BCUT2D eigenvalue weighted by Crippen LogP contribution is 2.24. The van der Waals surface area contributed by atoms with Gasteiger partial charge in [-0.3, -0.25) is 4.98 Å². The van der Waals surface area contributed by atoms with Crippen LogP contribution in [0.4, 0.5) is 5.69 Å². The Hall–Kier alpha value is -3.15. The van der Waals surface area contributed by atoms with Crippen LogP contribution in [0.25, 0.3) is 5.69 Å². The van der Waals surface area contributed by atoms with E-state index in [1.807, 2.05) is 48.0 Å². The summed E-state index contributed by atoms with van der Waals surface area (Å²) in [6, 6.07) is 12.8. The monoisotopic (exact) mass is 322 g/mol. The van der Waals surface area contributed by atoms with Crippen LogP contribution >= 0.6 is 0 Å². The van der Waals surface area contributed by atoms with E-state index in [-0.39, 0.29) is 5.97 Å². The highest BCUT2D eigenvalue weighted by atomic mass is 16.5. The zero-order valence-electron chi connectivity index (χ0n) is 13.5. The zero-order chi connectivity index (χ0) is 16.9. The van der Waals surface area contributed by atoms with Gasteiger partial charge in [0.15, 0.2) is 6.04 Å². The minimum atomic E-state index is -0.643. The Kier molecular flexibility index (Phi) is 4.56. The fourth-order valence-corrected chi connectivity index (χ4v) is 2.48. The zero-order valence-corrected chi connectivity index (χ0v) is 13.5. The van der Waals surface area contributed by atoms with Gasteiger partial charge in [0.05, 0.1) is 30.4 Å². The van der Waals surface area contributed by atoms with Crippen LogP contribution in [-0.4, -0.2) is 27.8 Å². The molecule has 0 spiro atoms. The minimum absolute atomic E-state index is 0.380. The van der Waals surface area contributed by atoms with Crippen molar-refractivity contribution in [3.05, 3.63) is 72.3 Å². The molecule has 1 N–H and O–H groups in total. The normalized spacial score (nSPS) is 11.8. The van der Waals surface area contributed by atoms with E-state index in [9.17, 15) is 4.79 Å². The van der Waals surface area contributed by atoms with Gasteiger partial charge in [0.2, 0.25) is 0 Å². The van der Waals surface area contributed by atoms with E-state index in [1.54, 1.807) is 24.7 Å². The third-order valence-electron chi connectivity index (χ3n) is 3.77. The molecular formula is C18H18N4O2. The number of benzene rings is 1. The van der Waals surface area contributed by atoms with Crippen molar-refractivity contribution in [1.29, 1.82) is 0 Å². The number of rotatable bonds is 5. The van der Waals surface area contributed by atoms with Crippen LogP contribution in [0.2, 0.25) is 0 Å². The molecule has 0 saturated heterocycles. The standard InChI is InChI=1S/C18H18N4O2/c1-13-16(12-20-22(13)15-8-4-3-5-9-15)21-17(18(23)24-2)14-7-6-10-19-11-14/h3-12,17,21H,1-2H3/t17-/m0/s1. The average Bonchev–Trinajstić information content (AvgIpc) is 3.01. The molecule has 3 rings (SSSR count). The molecule has 0 fully saturated rings. The lowest BCUT2D eigenvalue weighted by atomic mass is 10.1. The molecule has 24 heavy (non-hydrogen) atoms. The van der Waals surface area contributed by atoms with Gasteiger partial charge in [0, 0.05) is 18.0 Å². The van der Waals surface area contributed by atoms with E-state index in [0.29, 0.717) is 0 Å². The first-order valence-electron chi connectivity index (χ1n) is 7.55. The number of ether oxygens (including phenoxy) is 1. The first-order valence-corrected chi connectivity index (χ1v) is 7.55. The molecule has 0 saturated carbocycles. The Morgan fingerprint density at radius 3 is 2.62 bits per heavy atom. The third-order valence-corrected chi connectivity index (χ3v) is 3.77.